The van der Waals surface area contributed by atoms with Crippen molar-refractivity contribution in [1.29, 1.82) is 0 Å². The number of aromatic nitrogens is 1. The van der Waals surface area contributed by atoms with Crippen LogP contribution < -0.4 is 0 Å². The molecular formula is C15H21FN2O3S. The van der Waals surface area contributed by atoms with E-state index in [0.717, 1.165) is 6.20 Å². The third kappa shape index (κ3) is 4.98. The molecule has 0 aromatic carbocycles. The maximum Gasteiger partial charge on any atom is 0.341 e. The van der Waals surface area contributed by atoms with Crippen LogP contribution in [0, 0.1) is 5.82 Å². The zero-order valence-corrected chi connectivity index (χ0v) is 14.5. The van der Waals surface area contributed by atoms with Gasteiger partial charge in [-0.15, -0.1) is 0 Å². The maximum absolute atomic E-state index is 13.7. The number of ether oxygens (including phenoxy) is 1. The molecule has 0 fully saturated rings. The predicted molar refractivity (Wildman–Crippen MR) is 84.9 cm³/mol. The summed E-state index contributed by atoms with van der Waals surface area (Å²) in [5.41, 5.74) is 0.441. The SMILES string of the molecule is C/C(=N/S(=O)C(C)(C)C)c1cc(C(=O)OC(C)C)c(F)cn1. The van der Waals surface area contributed by atoms with Crippen LogP contribution in [-0.4, -0.2) is 31.7 Å². The van der Waals surface area contributed by atoms with Crippen LogP contribution in [0.25, 0.3) is 0 Å². The molecule has 1 aromatic heterocycles. The Morgan fingerprint density at radius 3 is 2.50 bits per heavy atom. The van der Waals surface area contributed by atoms with E-state index in [1.54, 1.807) is 41.5 Å². The maximum atomic E-state index is 13.7. The Balaban J connectivity index is 3.15. The van der Waals surface area contributed by atoms with E-state index >= 15 is 0 Å². The van der Waals surface area contributed by atoms with Crippen molar-refractivity contribution in [2.75, 3.05) is 0 Å². The molecule has 1 atom stereocenters. The van der Waals surface area contributed by atoms with Crippen molar-refractivity contribution in [2.24, 2.45) is 4.40 Å². The van der Waals surface area contributed by atoms with Crippen LogP contribution in [0.2, 0.25) is 0 Å². The van der Waals surface area contributed by atoms with Gasteiger partial charge in [-0.2, -0.15) is 4.40 Å². The van der Waals surface area contributed by atoms with Gasteiger partial charge in [0.25, 0.3) is 0 Å². The quantitative estimate of drug-likeness (QED) is 0.629. The largest absolute Gasteiger partial charge is 0.459 e. The average molecular weight is 328 g/mol. The van der Waals surface area contributed by atoms with E-state index in [1.165, 1.54) is 6.07 Å². The molecule has 0 aliphatic heterocycles. The van der Waals surface area contributed by atoms with E-state index in [4.69, 9.17) is 4.74 Å². The molecule has 0 spiro atoms. The third-order valence-corrected chi connectivity index (χ3v) is 4.02. The minimum atomic E-state index is -1.46. The molecule has 0 aliphatic rings. The Labute approximate surface area is 132 Å². The van der Waals surface area contributed by atoms with Crippen molar-refractivity contribution in [2.45, 2.75) is 52.4 Å². The third-order valence-electron chi connectivity index (χ3n) is 2.53. The topological polar surface area (TPSA) is 68.6 Å². The number of rotatable bonds is 4. The first kappa shape index (κ1) is 18.4. The summed E-state index contributed by atoms with van der Waals surface area (Å²) in [7, 11) is -1.46. The lowest BCUT2D eigenvalue weighted by atomic mass is 10.2. The van der Waals surface area contributed by atoms with Gasteiger partial charge in [-0.25, -0.2) is 13.4 Å². The van der Waals surface area contributed by atoms with Crippen LogP contribution in [0.15, 0.2) is 16.7 Å². The van der Waals surface area contributed by atoms with Crippen molar-refractivity contribution in [3.05, 3.63) is 29.3 Å². The lowest BCUT2D eigenvalue weighted by Crippen LogP contribution is -2.21. The van der Waals surface area contributed by atoms with Gasteiger partial charge in [0, 0.05) is 0 Å². The smallest absolute Gasteiger partial charge is 0.341 e. The second-order valence-corrected chi connectivity index (χ2v) is 7.95. The summed E-state index contributed by atoms with van der Waals surface area (Å²) in [4.78, 5) is 15.7. The minimum absolute atomic E-state index is 0.213. The van der Waals surface area contributed by atoms with Gasteiger partial charge in [0.05, 0.1) is 34.0 Å². The van der Waals surface area contributed by atoms with Crippen molar-refractivity contribution in [1.82, 2.24) is 4.98 Å². The molecule has 0 saturated heterocycles. The summed E-state index contributed by atoms with van der Waals surface area (Å²) in [6.07, 6.45) is 0.581. The lowest BCUT2D eigenvalue weighted by molar-refractivity contribution is 0.0372. The summed E-state index contributed by atoms with van der Waals surface area (Å²) >= 11 is 0. The van der Waals surface area contributed by atoms with Crippen LogP contribution in [0.5, 0.6) is 0 Å². The van der Waals surface area contributed by atoms with Gasteiger partial charge < -0.3 is 4.74 Å². The minimum Gasteiger partial charge on any atom is -0.459 e. The molecular weight excluding hydrogens is 307 g/mol. The molecule has 0 amide bonds. The Kier molecular flexibility index (Phi) is 5.93. The van der Waals surface area contributed by atoms with Gasteiger partial charge in [0.15, 0.2) is 5.82 Å². The van der Waals surface area contributed by atoms with E-state index in [0.29, 0.717) is 5.71 Å². The highest BCUT2D eigenvalue weighted by Gasteiger charge is 2.21. The van der Waals surface area contributed by atoms with Crippen LogP contribution in [0.4, 0.5) is 4.39 Å². The number of pyridine rings is 1. The van der Waals surface area contributed by atoms with Crippen molar-refractivity contribution < 1.29 is 18.1 Å². The Bertz CT molecular complexity index is 622. The Morgan fingerprint density at radius 2 is 2.00 bits per heavy atom. The van der Waals surface area contributed by atoms with Crippen LogP contribution >= 0.6 is 0 Å². The summed E-state index contributed by atoms with van der Waals surface area (Å²) in [5, 5.41) is 0. The summed E-state index contributed by atoms with van der Waals surface area (Å²) in [6.45, 7) is 10.4. The molecule has 0 bridgehead atoms. The Hall–Kier alpha value is -1.63. The van der Waals surface area contributed by atoms with Crippen LogP contribution in [0.3, 0.4) is 0 Å². The zero-order chi connectivity index (χ0) is 17.1. The van der Waals surface area contributed by atoms with Gasteiger partial charge in [0.2, 0.25) is 0 Å². The van der Waals surface area contributed by atoms with E-state index in [1.807, 2.05) is 0 Å². The second-order valence-electron chi connectivity index (χ2n) is 6.04. The molecule has 1 unspecified atom stereocenters. The van der Waals surface area contributed by atoms with Crippen molar-refractivity contribution in [3.63, 3.8) is 0 Å². The van der Waals surface area contributed by atoms with E-state index in [9.17, 15) is 13.4 Å². The number of hydrogen-bond donors (Lipinski definition) is 0. The number of hydrogen-bond acceptors (Lipinski definition) is 4. The molecule has 0 radical (unpaired) electrons. The first-order valence-corrected chi connectivity index (χ1v) is 7.97. The molecule has 0 aliphatic carbocycles. The number of esters is 1. The average Bonchev–Trinajstić information content (AvgIpc) is 2.36. The fourth-order valence-corrected chi connectivity index (χ4v) is 1.99. The normalized spacial score (nSPS) is 14.1. The number of halogens is 1. The van der Waals surface area contributed by atoms with E-state index in [-0.39, 0.29) is 17.4 Å². The zero-order valence-electron chi connectivity index (χ0n) is 13.6. The summed E-state index contributed by atoms with van der Waals surface area (Å²) < 4.78 is 34.3. The van der Waals surface area contributed by atoms with Crippen molar-refractivity contribution >= 4 is 22.7 Å². The lowest BCUT2D eigenvalue weighted by Gasteiger charge is -2.14. The number of carbonyl (C=O) groups excluding carboxylic acids is 1. The fourth-order valence-electron chi connectivity index (χ4n) is 1.38. The first-order chi connectivity index (χ1) is 10.0. The van der Waals surface area contributed by atoms with E-state index < -0.39 is 27.5 Å². The predicted octanol–water partition coefficient (Wildman–Crippen LogP) is 3.06. The molecule has 7 heteroatoms. The molecule has 22 heavy (non-hydrogen) atoms. The van der Waals surface area contributed by atoms with Gasteiger partial charge in [0.1, 0.15) is 11.0 Å². The summed E-state index contributed by atoms with van der Waals surface area (Å²) in [6, 6.07) is 1.26. The fraction of sp³-hybridized carbons (Fsp3) is 0.533. The monoisotopic (exact) mass is 328 g/mol. The molecule has 1 aromatic rings. The molecule has 0 saturated carbocycles. The van der Waals surface area contributed by atoms with Gasteiger partial charge >= 0.3 is 5.97 Å². The molecule has 0 N–H and O–H groups in total. The van der Waals surface area contributed by atoms with Gasteiger partial charge in [-0.3, -0.25) is 4.98 Å². The van der Waals surface area contributed by atoms with Gasteiger partial charge in [-0.05, 0) is 47.6 Å². The van der Waals surface area contributed by atoms with E-state index in [2.05, 4.69) is 9.38 Å². The molecule has 5 nitrogen and oxygen atoms in total. The van der Waals surface area contributed by atoms with Crippen molar-refractivity contribution in [3.8, 4) is 0 Å². The molecule has 1 rings (SSSR count). The highest BCUT2D eigenvalue weighted by atomic mass is 32.2. The second kappa shape index (κ2) is 7.09. The van der Waals surface area contributed by atoms with Crippen LogP contribution in [-0.2, 0) is 15.7 Å². The summed E-state index contributed by atoms with van der Waals surface area (Å²) in [5.74, 6) is -1.53. The number of nitrogens with zero attached hydrogens (tertiary/aromatic N) is 2. The molecule has 1 heterocycles. The molecule has 122 valence electrons. The standard InChI is InChI=1S/C15H21FN2O3S/c1-9(2)21-14(19)11-7-13(17-8-12(11)16)10(3)18-22(20)15(4,5)6/h7-9H,1-6H3/b18-10-. The highest BCUT2D eigenvalue weighted by molar-refractivity contribution is 7.85. The number of carbonyl (C=O) groups is 1. The highest BCUT2D eigenvalue weighted by Crippen LogP contribution is 2.15. The van der Waals surface area contributed by atoms with Gasteiger partial charge in [-0.1, -0.05) is 0 Å². The Morgan fingerprint density at radius 1 is 1.41 bits per heavy atom. The first-order valence-electron chi connectivity index (χ1n) is 6.86. The van der Waals surface area contributed by atoms with Crippen LogP contribution in [0.1, 0.15) is 57.6 Å².